The van der Waals surface area contributed by atoms with E-state index in [4.69, 9.17) is 0 Å². The number of rotatable bonds is 6. The van der Waals surface area contributed by atoms with Crippen molar-refractivity contribution >= 4 is 11.8 Å². The molecule has 1 N–H and O–H groups in total. The molecule has 2 rings (SSSR count). The van der Waals surface area contributed by atoms with Crippen LogP contribution in [-0.2, 0) is 9.59 Å². The summed E-state index contributed by atoms with van der Waals surface area (Å²) < 4.78 is 0. The molecule has 0 spiro atoms. The van der Waals surface area contributed by atoms with Crippen molar-refractivity contribution < 1.29 is 9.59 Å². The monoisotopic (exact) mass is 294 g/mol. The zero-order valence-corrected chi connectivity index (χ0v) is 13.6. The summed E-state index contributed by atoms with van der Waals surface area (Å²) in [6.07, 6.45) is 9.69. The minimum atomic E-state index is -0.417. The third-order valence-corrected chi connectivity index (χ3v) is 5.47. The smallest absolute Gasteiger partial charge is 0.235 e. The fourth-order valence-corrected chi connectivity index (χ4v) is 3.75. The molecule has 120 valence electrons. The highest BCUT2D eigenvalue weighted by Crippen LogP contribution is 2.38. The normalized spacial score (nSPS) is 23.6. The van der Waals surface area contributed by atoms with Crippen LogP contribution < -0.4 is 5.32 Å². The molecule has 1 saturated carbocycles. The number of amides is 2. The summed E-state index contributed by atoms with van der Waals surface area (Å²) in [6.45, 7) is 5.31. The molecule has 0 aromatic heterocycles. The first kappa shape index (κ1) is 16.5. The van der Waals surface area contributed by atoms with Gasteiger partial charge in [0.15, 0.2) is 0 Å². The SMILES string of the molecule is CCC1(CC)CC(=O)N(CCNC2CCCCCC2)C1=O. The second-order valence-corrected chi connectivity index (χ2v) is 6.66. The lowest BCUT2D eigenvalue weighted by Crippen LogP contribution is -2.41. The van der Waals surface area contributed by atoms with Crippen molar-refractivity contribution in [3.8, 4) is 0 Å². The van der Waals surface area contributed by atoms with E-state index in [1.807, 2.05) is 13.8 Å². The molecular weight excluding hydrogens is 264 g/mol. The van der Waals surface area contributed by atoms with Crippen LogP contribution in [0.2, 0.25) is 0 Å². The Kier molecular flexibility index (Phi) is 5.80. The van der Waals surface area contributed by atoms with Gasteiger partial charge in [0.25, 0.3) is 0 Å². The Morgan fingerprint density at radius 2 is 1.71 bits per heavy atom. The highest BCUT2D eigenvalue weighted by molar-refractivity contribution is 6.05. The van der Waals surface area contributed by atoms with Crippen LogP contribution in [0.4, 0.5) is 0 Å². The van der Waals surface area contributed by atoms with E-state index in [2.05, 4.69) is 5.32 Å². The van der Waals surface area contributed by atoms with E-state index in [1.54, 1.807) is 0 Å². The average Bonchev–Trinajstić information content (AvgIpc) is 2.68. The minimum Gasteiger partial charge on any atom is -0.312 e. The fourth-order valence-electron chi connectivity index (χ4n) is 3.75. The molecule has 2 aliphatic rings. The fraction of sp³-hybridized carbons (Fsp3) is 0.882. The molecule has 0 aromatic rings. The number of hydrogen-bond acceptors (Lipinski definition) is 3. The third kappa shape index (κ3) is 3.65. The van der Waals surface area contributed by atoms with Gasteiger partial charge >= 0.3 is 0 Å². The Bertz CT molecular complexity index is 369. The Hall–Kier alpha value is -0.900. The third-order valence-electron chi connectivity index (χ3n) is 5.47. The summed E-state index contributed by atoms with van der Waals surface area (Å²) in [7, 11) is 0. The second kappa shape index (κ2) is 7.39. The minimum absolute atomic E-state index is 0.0198. The van der Waals surface area contributed by atoms with Gasteiger partial charge in [-0.3, -0.25) is 14.5 Å². The summed E-state index contributed by atoms with van der Waals surface area (Å²) in [5.74, 6) is 0.0755. The second-order valence-electron chi connectivity index (χ2n) is 6.66. The summed E-state index contributed by atoms with van der Waals surface area (Å²) in [6, 6.07) is 0.572. The van der Waals surface area contributed by atoms with Crippen LogP contribution in [-0.4, -0.2) is 35.8 Å². The van der Waals surface area contributed by atoms with Crippen LogP contribution in [0.25, 0.3) is 0 Å². The highest BCUT2D eigenvalue weighted by Gasteiger charge is 2.48. The van der Waals surface area contributed by atoms with Crippen molar-refractivity contribution in [2.45, 2.75) is 77.7 Å². The van der Waals surface area contributed by atoms with Crippen LogP contribution in [0.5, 0.6) is 0 Å². The number of carbonyl (C=O) groups is 2. The topological polar surface area (TPSA) is 49.4 Å². The maximum Gasteiger partial charge on any atom is 0.235 e. The van der Waals surface area contributed by atoms with Crippen LogP contribution in [0.15, 0.2) is 0 Å². The Morgan fingerprint density at radius 3 is 2.24 bits per heavy atom. The van der Waals surface area contributed by atoms with Crippen molar-refractivity contribution in [1.82, 2.24) is 10.2 Å². The highest BCUT2D eigenvalue weighted by atomic mass is 16.2. The number of imide groups is 1. The Labute approximate surface area is 128 Å². The molecule has 2 fully saturated rings. The van der Waals surface area contributed by atoms with E-state index in [1.165, 1.54) is 43.4 Å². The van der Waals surface area contributed by atoms with E-state index < -0.39 is 5.41 Å². The van der Waals surface area contributed by atoms with Gasteiger partial charge in [0.05, 0.1) is 5.41 Å². The molecule has 0 radical (unpaired) electrons. The summed E-state index contributed by atoms with van der Waals surface area (Å²) in [5, 5.41) is 3.55. The molecule has 4 nitrogen and oxygen atoms in total. The number of nitrogens with one attached hydrogen (secondary N) is 1. The van der Waals surface area contributed by atoms with E-state index in [-0.39, 0.29) is 11.8 Å². The first-order valence-corrected chi connectivity index (χ1v) is 8.71. The molecular formula is C17H30N2O2. The molecule has 2 amide bonds. The summed E-state index contributed by atoms with van der Waals surface area (Å²) >= 11 is 0. The summed E-state index contributed by atoms with van der Waals surface area (Å²) in [4.78, 5) is 26.1. The molecule has 0 aromatic carbocycles. The van der Waals surface area contributed by atoms with E-state index in [0.717, 1.165) is 19.4 Å². The van der Waals surface area contributed by atoms with Gasteiger partial charge in [-0.05, 0) is 25.7 Å². The van der Waals surface area contributed by atoms with E-state index in [9.17, 15) is 9.59 Å². The summed E-state index contributed by atoms with van der Waals surface area (Å²) in [5.41, 5.74) is -0.417. The van der Waals surface area contributed by atoms with Gasteiger partial charge in [0.2, 0.25) is 11.8 Å². The number of hydrogen-bond donors (Lipinski definition) is 1. The quantitative estimate of drug-likeness (QED) is 0.605. The van der Waals surface area contributed by atoms with Gasteiger partial charge in [-0.15, -0.1) is 0 Å². The number of nitrogens with zero attached hydrogens (tertiary/aromatic N) is 1. The van der Waals surface area contributed by atoms with Crippen LogP contribution in [0.1, 0.15) is 71.6 Å². The predicted molar refractivity (Wildman–Crippen MR) is 83.8 cm³/mol. The lowest BCUT2D eigenvalue weighted by molar-refractivity contribution is -0.141. The van der Waals surface area contributed by atoms with Crippen LogP contribution in [0.3, 0.4) is 0 Å². The standard InChI is InChI=1S/C17H30N2O2/c1-3-17(4-2)13-15(20)19(16(17)21)12-11-18-14-9-7-5-6-8-10-14/h14,18H,3-13H2,1-2H3. The molecule has 1 saturated heterocycles. The first-order chi connectivity index (χ1) is 10.1. The first-order valence-electron chi connectivity index (χ1n) is 8.71. The Balaban J connectivity index is 1.82. The zero-order chi connectivity index (χ0) is 15.3. The van der Waals surface area contributed by atoms with Crippen molar-refractivity contribution in [1.29, 1.82) is 0 Å². The van der Waals surface area contributed by atoms with Gasteiger partial charge < -0.3 is 5.32 Å². The van der Waals surface area contributed by atoms with Gasteiger partial charge in [-0.25, -0.2) is 0 Å². The lowest BCUT2D eigenvalue weighted by Gasteiger charge is -2.24. The molecule has 4 heteroatoms. The van der Waals surface area contributed by atoms with Gasteiger partial charge in [-0.1, -0.05) is 39.5 Å². The maximum atomic E-state index is 12.5. The van der Waals surface area contributed by atoms with Gasteiger partial charge in [0.1, 0.15) is 0 Å². The molecule has 0 unspecified atom stereocenters. The van der Waals surface area contributed by atoms with Crippen molar-refractivity contribution in [3.05, 3.63) is 0 Å². The van der Waals surface area contributed by atoms with Crippen LogP contribution in [0, 0.1) is 5.41 Å². The molecule has 1 heterocycles. The van der Waals surface area contributed by atoms with E-state index >= 15 is 0 Å². The molecule has 0 bridgehead atoms. The zero-order valence-electron chi connectivity index (χ0n) is 13.6. The predicted octanol–water partition coefficient (Wildman–Crippen LogP) is 2.86. The molecule has 0 atom stereocenters. The number of carbonyl (C=O) groups excluding carboxylic acids is 2. The number of likely N-dealkylation sites (tertiary alicyclic amines) is 1. The molecule has 1 aliphatic heterocycles. The molecule has 1 aliphatic carbocycles. The molecule has 21 heavy (non-hydrogen) atoms. The Morgan fingerprint density at radius 1 is 1.10 bits per heavy atom. The van der Waals surface area contributed by atoms with Crippen LogP contribution >= 0.6 is 0 Å². The average molecular weight is 294 g/mol. The van der Waals surface area contributed by atoms with Gasteiger partial charge in [0, 0.05) is 25.6 Å². The maximum absolute atomic E-state index is 12.5. The van der Waals surface area contributed by atoms with Crippen molar-refractivity contribution in [2.75, 3.05) is 13.1 Å². The lowest BCUT2D eigenvalue weighted by atomic mass is 9.81. The van der Waals surface area contributed by atoms with Crippen molar-refractivity contribution in [3.63, 3.8) is 0 Å². The van der Waals surface area contributed by atoms with E-state index in [0.29, 0.717) is 19.0 Å². The van der Waals surface area contributed by atoms with Crippen molar-refractivity contribution in [2.24, 2.45) is 5.41 Å². The largest absolute Gasteiger partial charge is 0.312 e. The van der Waals surface area contributed by atoms with Gasteiger partial charge in [-0.2, -0.15) is 0 Å².